The molecule has 0 aliphatic carbocycles. The van der Waals surface area contributed by atoms with Crippen molar-refractivity contribution in [1.82, 2.24) is 0 Å². The fourth-order valence-electron chi connectivity index (χ4n) is 1.95. The minimum absolute atomic E-state index is 0.477. The molecule has 0 saturated heterocycles. The topological polar surface area (TPSA) is 0 Å². The molecule has 0 saturated carbocycles. The van der Waals surface area contributed by atoms with E-state index in [0.29, 0.717) is 5.04 Å². The maximum absolute atomic E-state index is 2.50. The van der Waals surface area contributed by atoms with Crippen molar-refractivity contribution in [3.05, 3.63) is 34.9 Å². The van der Waals surface area contributed by atoms with Gasteiger partial charge in [0.15, 0.2) is 0 Å². The van der Waals surface area contributed by atoms with Gasteiger partial charge in [0.1, 0.15) is 0 Å². The van der Waals surface area contributed by atoms with Crippen LogP contribution in [0.2, 0.25) is 18.1 Å². The van der Waals surface area contributed by atoms with Crippen molar-refractivity contribution in [2.24, 2.45) is 0 Å². The molecule has 0 aliphatic rings. The predicted octanol–water partition coefficient (Wildman–Crippen LogP) is 4.89. The Balaban J connectivity index is 2.96. The van der Waals surface area contributed by atoms with Crippen LogP contribution in [0.25, 0.3) is 0 Å². The van der Waals surface area contributed by atoms with Crippen molar-refractivity contribution in [2.75, 3.05) is 0 Å². The molecule has 0 aromatic heterocycles. The van der Waals surface area contributed by atoms with E-state index < -0.39 is 8.07 Å². The van der Waals surface area contributed by atoms with E-state index >= 15 is 0 Å². The quantitative estimate of drug-likeness (QED) is 0.639. The zero-order valence-electron chi connectivity index (χ0n) is 11.9. The molecule has 1 aromatic rings. The standard InChI is InChI=1S/C15H26Si/c1-12-8-13(2)10-14(9-12)11-16(6,7)15(3,4)5/h8-10H,11H2,1-7H3. The van der Waals surface area contributed by atoms with E-state index in [1.807, 2.05) is 0 Å². The molecule has 0 fully saturated rings. The van der Waals surface area contributed by atoms with Crippen molar-refractivity contribution in [2.45, 2.75) is 58.8 Å². The van der Waals surface area contributed by atoms with Crippen LogP contribution >= 0.6 is 0 Å². The van der Waals surface area contributed by atoms with Crippen LogP contribution in [0.4, 0.5) is 0 Å². The van der Waals surface area contributed by atoms with Crippen LogP contribution < -0.4 is 0 Å². The highest BCUT2D eigenvalue weighted by molar-refractivity contribution is 6.79. The van der Waals surface area contributed by atoms with Gasteiger partial charge < -0.3 is 0 Å². The van der Waals surface area contributed by atoms with Gasteiger partial charge in [0.2, 0.25) is 0 Å². The summed E-state index contributed by atoms with van der Waals surface area (Å²) >= 11 is 0. The third-order valence-corrected chi connectivity index (χ3v) is 9.31. The van der Waals surface area contributed by atoms with Gasteiger partial charge in [-0.15, -0.1) is 0 Å². The first-order valence-electron chi connectivity index (χ1n) is 6.19. The van der Waals surface area contributed by atoms with E-state index in [-0.39, 0.29) is 0 Å². The molecule has 0 aliphatic heterocycles. The van der Waals surface area contributed by atoms with E-state index in [9.17, 15) is 0 Å². The van der Waals surface area contributed by atoms with Crippen molar-refractivity contribution >= 4 is 8.07 Å². The fraction of sp³-hybridized carbons (Fsp3) is 0.600. The molecule has 1 heteroatoms. The average Bonchev–Trinajstić information content (AvgIpc) is 1.97. The summed E-state index contributed by atoms with van der Waals surface area (Å²) in [6, 6.07) is 8.26. The van der Waals surface area contributed by atoms with Gasteiger partial charge in [-0.3, -0.25) is 0 Å². The minimum atomic E-state index is -1.19. The number of benzene rings is 1. The van der Waals surface area contributed by atoms with Gasteiger partial charge in [-0.05, 0) is 24.9 Å². The zero-order valence-corrected chi connectivity index (χ0v) is 12.9. The number of aryl methyl sites for hydroxylation is 2. The fourth-order valence-corrected chi connectivity index (χ4v) is 3.70. The van der Waals surface area contributed by atoms with Gasteiger partial charge in [0, 0.05) is 0 Å². The van der Waals surface area contributed by atoms with Crippen LogP contribution in [0.1, 0.15) is 37.5 Å². The molecular formula is C15H26Si. The van der Waals surface area contributed by atoms with Crippen molar-refractivity contribution < 1.29 is 0 Å². The lowest BCUT2D eigenvalue weighted by atomic mass is 10.1. The Kier molecular flexibility index (Phi) is 3.68. The third-order valence-electron chi connectivity index (χ3n) is 3.96. The van der Waals surface area contributed by atoms with Crippen LogP contribution in [0.3, 0.4) is 0 Å². The molecule has 0 amide bonds. The van der Waals surface area contributed by atoms with E-state index in [4.69, 9.17) is 0 Å². The van der Waals surface area contributed by atoms with Gasteiger partial charge in [-0.25, -0.2) is 0 Å². The van der Waals surface area contributed by atoms with Crippen LogP contribution in [-0.4, -0.2) is 8.07 Å². The monoisotopic (exact) mass is 234 g/mol. The predicted molar refractivity (Wildman–Crippen MR) is 76.8 cm³/mol. The summed E-state index contributed by atoms with van der Waals surface area (Å²) in [7, 11) is -1.19. The summed E-state index contributed by atoms with van der Waals surface area (Å²) in [4.78, 5) is 0. The summed E-state index contributed by atoms with van der Waals surface area (Å²) in [5.74, 6) is 0. The van der Waals surface area contributed by atoms with Gasteiger partial charge in [-0.2, -0.15) is 0 Å². The van der Waals surface area contributed by atoms with E-state index in [1.54, 1.807) is 0 Å². The normalized spacial score (nSPS) is 12.9. The molecule has 0 radical (unpaired) electrons. The van der Waals surface area contributed by atoms with Gasteiger partial charge in [0.25, 0.3) is 0 Å². The SMILES string of the molecule is Cc1cc(C)cc(C[Si](C)(C)C(C)(C)C)c1. The van der Waals surface area contributed by atoms with Crippen molar-refractivity contribution in [3.8, 4) is 0 Å². The third kappa shape index (κ3) is 3.21. The molecule has 1 aromatic carbocycles. The van der Waals surface area contributed by atoms with Crippen LogP contribution in [0.5, 0.6) is 0 Å². The average molecular weight is 234 g/mol. The molecule has 0 spiro atoms. The highest BCUT2D eigenvalue weighted by Gasteiger charge is 2.34. The van der Waals surface area contributed by atoms with Crippen LogP contribution in [-0.2, 0) is 6.04 Å². The molecule has 0 heterocycles. The Labute approximate surface area is 102 Å². The highest BCUT2D eigenvalue weighted by atomic mass is 28.3. The summed E-state index contributed by atoms with van der Waals surface area (Å²) in [5, 5.41) is 0.477. The first-order valence-corrected chi connectivity index (χ1v) is 9.40. The molecular weight excluding hydrogens is 208 g/mol. The molecule has 0 atom stereocenters. The van der Waals surface area contributed by atoms with E-state index in [0.717, 1.165) is 0 Å². The second kappa shape index (κ2) is 4.36. The van der Waals surface area contributed by atoms with Crippen LogP contribution in [0, 0.1) is 13.8 Å². The smallest absolute Gasteiger partial charge is 0.0571 e. The van der Waals surface area contributed by atoms with Crippen molar-refractivity contribution in [1.29, 1.82) is 0 Å². The Morgan fingerprint density at radius 2 is 1.38 bits per heavy atom. The molecule has 16 heavy (non-hydrogen) atoms. The Hall–Kier alpha value is -0.563. The maximum atomic E-state index is 2.50. The second-order valence-corrected chi connectivity index (χ2v) is 12.4. The minimum Gasteiger partial charge on any atom is -0.0687 e. The van der Waals surface area contributed by atoms with E-state index in [2.05, 4.69) is 65.9 Å². The largest absolute Gasteiger partial charge is 0.0687 e. The summed E-state index contributed by atoms with van der Waals surface area (Å²) < 4.78 is 0. The molecule has 1 rings (SSSR count). The first kappa shape index (κ1) is 13.5. The molecule has 0 bridgehead atoms. The number of rotatable bonds is 2. The van der Waals surface area contributed by atoms with Gasteiger partial charge in [-0.1, -0.05) is 68.8 Å². The Morgan fingerprint density at radius 1 is 0.938 bits per heavy atom. The second-order valence-electron chi connectivity index (χ2n) is 6.81. The highest BCUT2D eigenvalue weighted by Crippen LogP contribution is 2.38. The molecule has 0 nitrogen and oxygen atoms in total. The summed E-state index contributed by atoms with van der Waals surface area (Å²) in [6.07, 6.45) is 0. The zero-order chi connectivity index (χ0) is 12.6. The van der Waals surface area contributed by atoms with Gasteiger partial charge in [0.05, 0.1) is 8.07 Å². The Bertz CT molecular complexity index is 349. The molecule has 0 unspecified atom stereocenters. The summed E-state index contributed by atoms with van der Waals surface area (Å²) in [6.45, 7) is 16.6. The Morgan fingerprint density at radius 3 is 1.75 bits per heavy atom. The first-order chi connectivity index (χ1) is 7.12. The number of hydrogen-bond acceptors (Lipinski definition) is 0. The number of hydrogen-bond donors (Lipinski definition) is 0. The lowest BCUT2D eigenvalue weighted by Crippen LogP contribution is -2.39. The molecule has 90 valence electrons. The lowest BCUT2D eigenvalue weighted by Gasteiger charge is -2.37. The van der Waals surface area contributed by atoms with Gasteiger partial charge >= 0.3 is 0 Å². The summed E-state index contributed by atoms with van der Waals surface area (Å²) in [5.41, 5.74) is 4.33. The van der Waals surface area contributed by atoms with Crippen molar-refractivity contribution in [3.63, 3.8) is 0 Å². The van der Waals surface area contributed by atoms with E-state index in [1.165, 1.54) is 22.7 Å². The lowest BCUT2D eigenvalue weighted by molar-refractivity contribution is 0.713. The molecule has 0 N–H and O–H groups in total. The van der Waals surface area contributed by atoms with Crippen LogP contribution in [0.15, 0.2) is 18.2 Å². The maximum Gasteiger partial charge on any atom is 0.0571 e.